The predicted octanol–water partition coefficient (Wildman–Crippen LogP) is 2.59. The molecule has 0 fully saturated rings. The number of nitrogens with one attached hydrogen (secondary N) is 3. The molecule has 0 radical (unpaired) electrons. The summed E-state index contributed by atoms with van der Waals surface area (Å²) in [6, 6.07) is 13.6. The zero-order valence-corrected chi connectivity index (χ0v) is 14.1. The molecule has 0 atom stereocenters. The summed E-state index contributed by atoms with van der Waals surface area (Å²) in [6.45, 7) is 0. The van der Waals surface area contributed by atoms with Crippen molar-refractivity contribution in [2.45, 2.75) is 0 Å². The van der Waals surface area contributed by atoms with Gasteiger partial charge in [0.2, 0.25) is 0 Å². The molecule has 3 rings (SSSR count). The minimum absolute atomic E-state index is 0.305. The van der Waals surface area contributed by atoms with Gasteiger partial charge in [-0.05, 0) is 47.3 Å². The highest BCUT2D eigenvalue weighted by Crippen LogP contribution is 2.28. The van der Waals surface area contributed by atoms with Crippen LogP contribution in [0.1, 0.15) is 25.6 Å². The lowest BCUT2D eigenvalue weighted by atomic mass is 10.1. The number of nitrogens with zero attached hydrogens (tertiary/aromatic N) is 1. The van der Waals surface area contributed by atoms with Gasteiger partial charge in [-0.1, -0.05) is 12.1 Å². The average molecular weight is 370 g/mol. The molecule has 26 heavy (non-hydrogen) atoms. The first-order chi connectivity index (χ1) is 12.6. The molecule has 2 amide bonds. The molecular formula is C17H14N4O4S. The molecule has 0 bridgehead atoms. The molecule has 8 nitrogen and oxygen atoms in total. The molecule has 0 saturated carbocycles. The van der Waals surface area contributed by atoms with Crippen molar-refractivity contribution in [2.75, 3.05) is 5.32 Å². The van der Waals surface area contributed by atoms with Gasteiger partial charge >= 0.3 is 0 Å². The molecule has 5 N–H and O–H groups in total. The van der Waals surface area contributed by atoms with Crippen LogP contribution in [0.4, 0.5) is 5.69 Å². The number of rotatable bonds is 5. The van der Waals surface area contributed by atoms with Crippen LogP contribution in [0.5, 0.6) is 0 Å². The fourth-order valence-corrected chi connectivity index (χ4v) is 3.29. The van der Waals surface area contributed by atoms with Crippen LogP contribution in [0.2, 0.25) is 0 Å². The van der Waals surface area contributed by atoms with E-state index in [-0.39, 0.29) is 5.91 Å². The zero-order valence-electron chi connectivity index (χ0n) is 13.3. The van der Waals surface area contributed by atoms with Crippen LogP contribution in [-0.4, -0.2) is 28.4 Å². The van der Waals surface area contributed by atoms with E-state index in [1.807, 2.05) is 0 Å². The van der Waals surface area contributed by atoms with Crippen LogP contribution in [0.3, 0.4) is 0 Å². The van der Waals surface area contributed by atoms with Crippen LogP contribution in [0.15, 0.2) is 53.6 Å². The Morgan fingerprint density at radius 2 is 1.88 bits per heavy atom. The lowest BCUT2D eigenvalue weighted by molar-refractivity contribution is 0.0711. The quantitative estimate of drug-likeness (QED) is 0.268. The maximum absolute atomic E-state index is 12.4. The molecule has 1 heterocycles. The summed E-state index contributed by atoms with van der Waals surface area (Å²) in [5.74, 6) is -0.882. The van der Waals surface area contributed by atoms with Crippen molar-refractivity contribution in [3.05, 3.63) is 64.5 Å². The van der Waals surface area contributed by atoms with Gasteiger partial charge in [-0.25, -0.2) is 5.48 Å². The molecule has 1 aromatic heterocycles. The van der Waals surface area contributed by atoms with Gasteiger partial charge in [0.1, 0.15) is 0 Å². The molecule has 3 aromatic rings. The van der Waals surface area contributed by atoms with Crippen molar-refractivity contribution in [1.29, 1.82) is 0 Å². The first-order valence-electron chi connectivity index (χ1n) is 7.42. The standard InChI is InChI=1S/C17H14N4O4S/c22-16(11-3-1-2-10(6-11)9-18-21-25)19-13-4-5-14-12(7-13)8-15(26-14)17(23)20-24/h1-9,21,24-25H,(H,19,22)(H,20,23)/b18-9-. The number of thiophene rings is 1. The Morgan fingerprint density at radius 3 is 2.65 bits per heavy atom. The largest absolute Gasteiger partial charge is 0.322 e. The Hall–Kier alpha value is -3.27. The second-order valence-corrected chi connectivity index (χ2v) is 6.33. The number of anilines is 1. The summed E-state index contributed by atoms with van der Waals surface area (Å²) < 4.78 is 0.858. The molecule has 0 saturated heterocycles. The Kier molecular flexibility index (Phi) is 5.23. The fraction of sp³-hybridized carbons (Fsp3) is 0. The first kappa shape index (κ1) is 17.5. The number of hydrogen-bond donors (Lipinski definition) is 5. The molecule has 2 aromatic carbocycles. The maximum atomic E-state index is 12.4. The number of fused-ring (bicyclic) bond motifs is 1. The van der Waals surface area contributed by atoms with Crippen molar-refractivity contribution in [1.82, 2.24) is 11.1 Å². The topological polar surface area (TPSA) is 123 Å². The normalized spacial score (nSPS) is 10.8. The fourth-order valence-electron chi connectivity index (χ4n) is 2.35. The summed E-state index contributed by atoms with van der Waals surface area (Å²) in [6.07, 6.45) is 1.38. The Labute approximate surface area is 151 Å². The van der Waals surface area contributed by atoms with Crippen molar-refractivity contribution < 1.29 is 20.0 Å². The third-order valence-electron chi connectivity index (χ3n) is 3.52. The number of hydroxylamine groups is 1. The SMILES string of the molecule is O=C(Nc1ccc2sc(C(=O)NO)cc2c1)c1cccc(/C=N\NO)c1. The summed E-state index contributed by atoms with van der Waals surface area (Å²) in [5, 5.41) is 24.2. The molecular weight excluding hydrogens is 356 g/mol. The van der Waals surface area contributed by atoms with Crippen molar-refractivity contribution in [3.63, 3.8) is 0 Å². The van der Waals surface area contributed by atoms with Gasteiger partial charge in [-0.3, -0.25) is 20.0 Å². The van der Waals surface area contributed by atoms with Crippen LogP contribution < -0.4 is 16.4 Å². The highest BCUT2D eigenvalue weighted by atomic mass is 32.1. The van der Waals surface area contributed by atoms with Crippen LogP contribution >= 0.6 is 11.3 Å². The van der Waals surface area contributed by atoms with E-state index < -0.39 is 5.91 Å². The Morgan fingerprint density at radius 1 is 1.04 bits per heavy atom. The van der Waals surface area contributed by atoms with E-state index in [0.29, 0.717) is 21.7 Å². The monoisotopic (exact) mass is 370 g/mol. The van der Waals surface area contributed by atoms with Gasteiger partial charge in [0, 0.05) is 16.0 Å². The summed E-state index contributed by atoms with van der Waals surface area (Å²) >= 11 is 1.24. The van der Waals surface area contributed by atoms with Crippen LogP contribution in [0, 0.1) is 0 Å². The van der Waals surface area contributed by atoms with Crippen molar-refractivity contribution in [3.8, 4) is 0 Å². The molecule has 0 aliphatic carbocycles. The number of hydrazone groups is 1. The number of benzene rings is 2. The van der Waals surface area contributed by atoms with Crippen LogP contribution in [0.25, 0.3) is 10.1 Å². The number of amides is 2. The summed E-state index contributed by atoms with van der Waals surface area (Å²) in [4.78, 5) is 24.3. The smallest absolute Gasteiger partial charge is 0.284 e. The minimum Gasteiger partial charge on any atom is -0.322 e. The van der Waals surface area contributed by atoms with Crippen molar-refractivity contribution >= 4 is 45.1 Å². The number of carbonyl (C=O) groups excluding carboxylic acids is 2. The zero-order chi connectivity index (χ0) is 18.5. The van der Waals surface area contributed by atoms with Gasteiger partial charge in [0.05, 0.1) is 11.1 Å². The van der Waals surface area contributed by atoms with E-state index in [1.54, 1.807) is 59.6 Å². The lowest BCUT2D eigenvalue weighted by Crippen LogP contribution is -2.16. The van der Waals surface area contributed by atoms with E-state index in [2.05, 4.69) is 10.4 Å². The Bertz CT molecular complexity index is 999. The molecule has 132 valence electrons. The highest BCUT2D eigenvalue weighted by Gasteiger charge is 2.11. The summed E-state index contributed by atoms with van der Waals surface area (Å²) in [7, 11) is 0. The third kappa shape index (κ3) is 3.86. The van der Waals surface area contributed by atoms with E-state index in [9.17, 15) is 9.59 Å². The lowest BCUT2D eigenvalue weighted by Gasteiger charge is -2.06. The second-order valence-electron chi connectivity index (χ2n) is 5.24. The molecule has 0 aliphatic rings. The van der Waals surface area contributed by atoms with E-state index >= 15 is 0 Å². The van der Waals surface area contributed by atoms with E-state index in [4.69, 9.17) is 10.4 Å². The molecule has 9 heteroatoms. The highest BCUT2D eigenvalue weighted by molar-refractivity contribution is 7.20. The maximum Gasteiger partial charge on any atom is 0.284 e. The van der Waals surface area contributed by atoms with Gasteiger partial charge in [0.15, 0.2) is 0 Å². The van der Waals surface area contributed by atoms with Gasteiger partial charge in [0.25, 0.3) is 11.8 Å². The van der Waals surface area contributed by atoms with Gasteiger partial charge in [-0.2, -0.15) is 10.7 Å². The number of hydrogen-bond acceptors (Lipinski definition) is 7. The first-order valence-corrected chi connectivity index (χ1v) is 8.24. The van der Waals surface area contributed by atoms with E-state index in [0.717, 1.165) is 10.1 Å². The average Bonchev–Trinajstić information content (AvgIpc) is 3.09. The summed E-state index contributed by atoms with van der Waals surface area (Å²) in [5.41, 5.74) is 4.91. The number of carbonyl (C=O) groups is 2. The van der Waals surface area contributed by atoms with Crippen molar-refractivity contribution in [2.24, 2.45) is 5.10 Å². The van der Waals surface area contributed by atoms with Gasteiger partial charge < -0.3 is 5.32 Å². The minimum atomic E-state index is -0.576. The second kappa shape index (κ2) is 7.74. The van der Waals surface area contributed by atoms with Gasteiger partial charge in [-0.15, -0.1) is 11.3 Å². The van der Waals surface area contributed by atoms with Crippen LogP contribution in [-0.2, 0) is 0 Å². The molecule has 0 spiro atoms. The Balaban J connectivity index is 1.81. The molecule has 0 unspecified atom stereocenters. The molecule has 0 aliphatic heterocycles. The predicted molar refractivity (Wildman–Crippen MR) is 98.0 cm³/mol. The van der Waals surface area contributed by atoms with E-state index in [1.165, 1.54) is 17.6 Å². The third-order valence-corrected chi connectivity index (χ3v) is 4.63.